The molecule has 144 valence electrons. The number of amides is 1. The van der Waals surface area contributed by atoms with Gasteiger partial charge in [0.1, 0.15) is 5.75 Å². The molecule has 3 rings (SSSR count). The SMILES string of the molecule is COc1ccc(CN(C)C(=O)C2CCN(Cc3cccc(Cl)c3)CC2)cc1. The number of nitrogens with zero attached hydrogens (tertiary/aromatic N) is 2. The van der Waals surface area contributed by atoms with Gasteiger partial charge < -0.3 is 9.64 Å². The van der Waals surface area contributed by atoms with Gasteiger partial charge in [0, 0.05) is 31.1 Å². The molecule has 0 unspecified atom stereocenters. The third-order valence-electron chi connectivity index (χ3n) is 5.19. The van der Waals surface area contributed by atoms with E-state index in [2.05, 4.69) is 11.0 Å². The monoisotopic (exact) mass is 386 g/mol. The number of carbonyl (C=O) groups excluding carboxylic acids is 1. The van der Waals surface area contributed by atoms with Crippen molar-refractivity contribution in [2.24, 2.45) is 5.92 Å². The Morgan fingerprint density at radius 2 is 1.85 bits per heavy atom. The molecule has 0 aromatic heterocycles. The van der Waals surface area contributed by atoms with Gasteiger partial charge in [-0.3, -0.25) is 9.69 Å². The summed E-state index contributed by atoms with van der Waals surface area (Å²) in [4.78, 5) is 17.0. The standard InChI is InChI=1S/C22H27ClN2O2/c1-24(15-17-6-8-21(27-2)9-7-17)22(26)19-10-12-25(13-11-19)16-18-4-3-5-20(23)14-18/h3-9,14,19H,10-13,15-16H2,1-2H3. The summed E-state index contributed by atoms with van der Waals surface area (Å²) in [5.74, 6) is 1.19. The molecule has 1 aliphatic heterocycles. The van der Waals surface area contributed by atoms with Gasteiger partial charge in [0.2, 0.25) is 5.91 Å². The lowest BCUT2D eigenvalue weighted by Gasteiger charge is -2.33. The summed E-state index contributed by atoms with van der Waals surface area (Å²) in [6, 6.07) is 15.9. The third-order valence-corrected chi connectivity index (χ3v) is 5.42. The van der Waals surface area contributed by atoms with E-state index in [1.54, 1.807) is 7.11 Å². The molecule has 2 aromatic carbocycles. The van der Waals surface area contributed by atoms with Crippen LogP contribution in [0.1, 0.15) is 24.0 Å². The van der Waals surface area contributed by atoms with Gasteiger partial charge in [-0.1, -0.05) is 35.9 Å². The second kappa shape index (κ2) is 9.25. The molecule has 1 amide bonds. The first-order valence-electron chi connectivity index (χ1n) is 9.40. The van der Waals surface area contributed by atoms with Crippen LogP contribution in [-0.2, 0) is 17.9 Å². The minimum Gasteiger partial charge on any atom is -0.497 e. The zero-order valence-electron chi connectivity index (χ0n) is 16.0. The van der Waals surface area contributed by atoms with Crippen LogP contribution in [0.3, 0.4) is 0 Å². The molecule has 0 radical (unpaired) electrons. The Labute approximate surface area is 166 Å². The Bertz CT molecular complexity index is 755. The number of benzene rings is 2. The van der Waals surface area contributed by atoms with Crippen molar-refractivity contribution < 1.29 is 9.53 Å². The zero-order chi connectivity index (χ0) is 19.2. The van der Waals surface area contributed by atoms with Crippen LogP contribution in [0.2, 0.25) is 5.02 Å². The summed E-state index contributed by atoms with van der Waals surface area (Å²) in [5, 5.41) is 0.776. The maximum absolute atomic E-state index is 12.8. The number of hydrogen-bond acceptors (Lipinski definition) is 3. The first-order valence-corrected chi connectivity index (χ1v) is 9.77. The fourth-order valence-corrected chi connectivity index (χ4v) is 3.84. The fourth-order valence-electron chi connectivity index (χ4n) is 3.63. The second-order valence-corrected chi connectivity index (χ2v) is 7.66. The van der Waals surface area contributed by atoms with Crippen molar-refractivity contribution in [3.8, 4) is 5.75 Å². The molecule has 1 aliphatic rings. The van der Waals surface area contributed by atoms with Crippen LogP contribution in [0.5, 0.6) is 5.75 Å². The topological polar surface area (TPSA) is 32.8 Å². The smallest absolute Gasteiger partial charge is 0.225 e. The van der Waals surface area contributed by atoms with Crippen molar-refractivity contribution in [3.63, 3.8) is 0 Å². The normalized spacial score (nSPS) is 15.5. The van der Waals surface area contributed by atoms with Crippen LogP contribution in [0, 0.1) is 5.92 Å². The number of likely N-dealkylation sites (tertiary alicyclic amines) is 1. The largest absolute Gasteiger partial charge is 0.497 e. The summed E-state index contributed by atoms with van der Waals surface area (Å²) in [6.45, 7) is 3.41. The molecule has 27 heavy (non-hydrogen) atoms. The highest BCUT2D eigenvalue weighted by Gasteiger charge is 2.27. The molecule has 0 spiro atoms. The Morgan fingerprint density at radius 3 is 2.48 bits per heavy atom. The van der Waals surface area contributed by atoms with Crippen LogP contribution in [-0.4, -0.2) is 43.0 Å². The molecule has 1 saturated heterocycles. The number of hydrogen-bond donors (Lipinski definition) is 0. The van der Waals surface area contributed by atoms with Crippen LogP contribution >= 0.6 is 11.6 Å². The molecule has 0 bridgehead atoms. The molecule has 2 aromatic rings. The lowest BCUT2D eigenvalue weighted by molar-refractivity contribution is -0.136. The summed E-state index contributed by atoms with van der Waals surface area (Å²) in [5.41, 5.74) is 2.34. The van der Waals surface area contributed by atoms with Gasteiger partial charge in [0.25, 0.3) is 0 Å². The average molecular weight is 387 g/mol. The van der Waals surface area contributed by atoms with Crippen molar-refractivity contribution in [3.05, 3.63) is 64.7 Å². The van der Waals surface area contributed by atoms with Crippen molar-refractivity contribution in [2.45, 2.75) is 25.9 Å². The molecule has 4 nitrogen and oxygen atoms in total. The van der Waals surface area contributed by atoms with E-state index in [1.807, 2.05) is 54.4 Å². The van der Waals surface area contributed by atoms with E-state index in [4.69, 9.17) is 16.3 Å². The highest BCUT2D eigenvalue weighted by atomic mass is 35.5. The van der Waals surface area contributed by atoms with Crippen LogP contribution in [0.4, 0.5) is 0 Å². The first-order chi connectivity index (χ1) is 13.0. The van der Waals surface area contributed by atoms with Gasteiger partial charge in [-0.15, -0.1) is 0 Å². The molecule has 0 atom stereocenters. The van der Waals surface area contributed by atoms with E-state index < -0.39 is 0 Å². The highest BCUT2D eigenvalue weighted by Crippen LogP contribution is 2.22. The minimum atomic E-state index is 0.115. The zero-order valence-corrected chi connectivity index (χ0v) is 16.8. The molecule has 1 fully saturated rings. The van der Waals surface area contributed by atoms with Crippen molar-refractivity contribution >= 4 is 17.5 Å². The minimum absolute atomic E-state index is 0.115. The van der Waals surface area contributed by atoms with Gasteiger partial charge in [0.15, 0.2) is 0 Å². The summed E-state index contributed by atoms with van der Waals surface area (Å²) >= 11 is 6.07. The third kappa shape index (κ3) is 5.47. The Hall–Kier alpha value is -2.04. The molecule has 0 aliphatic carbocycles. The number of rotatable bonds is 6. The predicted molar refractivity (Wildman–Crippen MR) is 109 cm³/mol. The lowest BCUT2D eigenvalue weighted by Crippen LogP contribution is -2.40. The van der Waals surface area contributed by atoms with E-state index in [1.165, 1.54) is 5.56 Å². The molecule has 0 N–H and O–H groups in total. The first kappa shape index (κ1) is 19.7. The van der Waals surface area contributed by atoms with Gasteiger partial charge in [-0.05, 0) is 61.3 Å². The number of ether oxygens (including phenoxy) is 1. The fraction of sp³-hybridized carbons (Fsp3) is 0.409. The molecular weight excluding hydrogens is 360 g/mol. The van der Waals surface area contributed by atoms with Crippen molar-refractivity contribution in [2.75, 3.05) is 27.2 Å². The van der Waals surface area contributed by atoms with Gasteiger partial charge in [-0.2, -0.15) is 0 Å². The predicted octanol–water partition coefficient (Wildman–Crippen LogP) is 4.22. The molecule has 0 saturated carbocycles. The van der Waals surface area contributed by atoms with Crippen LogP contribution in [0.15, 0.2) is 48.5 Å². The highest BCUT2D eigenvalue weighted by molar-refractivity contribution is 6.30. The van der Waals surface area contributed by atoms with Gasteiger partial charge in [0.05, 0.1) is 7.11 Å². The second-order valence-electron chi connectivity index (χ2n) is 7.22. The number of piperidine rings is 1. The lowest BCUT2D eigenvalue weighted by atomic mass is 9.95. The molecular formula is C22H27ClN2O2. The Balaban J connectivity index is 1.48. The Kier molecular flexibility index (Phi) is 6.75. The average Bonchev–Trinajstić information content (AvgIpc) is 2.68. The summed E-state index contributed by atoms with van der Waals surface area (Å²) < 4.78 is 5.18. The van der Waals surface area contributed by atoms with E-state index in [9.17, 15) is 4.79 Å². The van der Waals surface area contributed by atoms with Gasteiger partial charge in [-0.25, -0.2) is 0 Å². The van der Waals surface area contributed by atoms with Crippen molar-refractivity contribution in [1.82, 2.24) is 9.80 Å². The van der Waals surface area contributed by atoms with E-state index >= 15 is 0 Å². The van der Waals surface area contributed by atoms with Crippen molar-refractivity contribution in [1.29, 1.82) is 0 Å². The number of methoxy groups -OCH3 is 1. The maximum atomic E-state index is 12.8. The number of halogens is 1. The van der Waals surface area contributed by atoms with E-state index in [0.717, 1.165) is 48.8 Å². The molecule has 5 heteroatoms. The quantitative estimate of drug-likeness (QED) is 0.745. The summed E-state index contributed by atoms with van der Waals surface area (Å²) in [7, 11) is 3.55. The Morgan fingerprint density at radius 1 is 1.15 bits per heavy atom. The van der Waals surface area contributed by atoms with Gasteiger partial charge >= 0.3 is 0 Å². The maximum Gasteiger partial charge on any atom is 0.225 e. The van der Waals surface area contributed by atoms with Crippen LogP contribution in [0.25, 0.3) is 0 Å². The summed E-state index contributed by atoms with van der Waals surface area (Å²) in [6.07, 6.45) is 1.82. The molecule has 1 heterocycles. The van der Waals surface area contributed by atoms with E-state index in [-0.39, 0.29) is 11.8 Å². The van der Waals surface area contributed by atoms with E-state index in [0.29, 0.717) is 6.54 Å². The number of carbonyl (C=O) groups is 1. The van der Waals surface area contributed by atoms with Crippen LogP contribution < -0.4 is 4.74 Å².